The quantitative estimate of drug-likeness (QED) is 0.302. The van der Waals surface area contributed by atoms with Crippen molar-refractivity contribution in [1.82, 2.24) is 4.90 Å². The third kappa shape index (κ3) is 2.82. The standard InChI is InChI=1S/C4H8N2O/c1-6(4-5)2-3-7/h2-5,7H,1H3. The average molecular weight is 100 g/mol. The van der Waals surface area contributed by atoms with Gasteiger partial charge in [-0.15, -0.1) is 0 Å². The largest absolute Gasteiger partial charge is 0.514 e. The van der Waals surface area contributed by atoms with E-state index in [-0.39, 0.29) is 0 Å². The summed E-state index contributed by atoms with van der Waals surface area (Å²) in [4.78, 5) is 1.42. The fourth-order valence-corrected chi connectivity index (χ4v) is 0.148. The molecule has 0 saturated heterocycles. The minimum atomic E-state index is 0.880. The summed E-state index contributed by atoms with van der Waals surface area (Å²) in [6.45, 7) is 0. The number of aliphatic hydroxyl groups excluding tert-OH is 1. The smallest absolute Gasteiger partial charge is 0.0954 e. The fourth-order valence-electron chi connectivity index (χ4n) is 0.148. The van der Waals surface area contributed by atoms with Gasteiger partial charge in [0.05, 0.1) is 12.6 Å². The summed E-state index contributed by atoms with van der Waals surface area (Å²) >= 11 is 0. The summed E-state index contributed by atoms with van der Waals surface area (Å²) < 4.78 is 0. The molecule has 0 saturated carbocycles. The Labute approximate surface area is 42.4 Å². The molecule has 3 heteroatoms. The molecular weight excluding hydrogens is 92.1 g/mol. The van der Waals surface area contributed by atoms with Gasteiger partial charge >= 0.3 is 0 Å². The van der Waals surface area contributed by atoms with Gasteiger partial charge in [-0.1, -0.05) is 0 Å². The van der Waals surface area contributed by atoms with Crippen LogP contribution in [0.5, 0.6) is 0 Å². The van der Waals surface area contributed by atoms with E-state index in [4.69, 9.17) is 10.5 Å². The zero-order valence-corrected chi connectivity index (χ0v) is 4.13. The SMILES string of the molecule is CN(C=N)C=CO. The van der Waals surface area contributed by atoms with Gasteiger partial charge in [0.15, 0.2) is 0 Å². The van der Waals surface area contributed by atoms with E-state index in [0.717, 1.165) is 12.6 Å². The molecule has 0 atom stereocenters. The molecule has 0 aliphatic carbocycles. The van der Waals surface area contributed by atoms with Crippen molar-refractivity contribution in [1.29, 1.82) is 5.41 Å². The van der Waals surface area contributed by atoms with Crippen LogP contribution in [-0.4, -0.2) is 23.4 Å². The average Bonchev–Trinajstić information content (AvgIpc) is 1.68. The molecule has 7 heavy (non-hydrogen) atoms. The van der Waals surface area contributed by atoms with Crippen molar-refractivity contribution in [2.75, 3.05) is 7.05 Å². The predicted octanol–water partition coefficient (Wildman–Crippen LogP) is 0.554. The van der Waals surface area contributed by atoms with Crippen molar-refractivity contribution in [3.63, 3.8) is 0 Å². The summed E-state index contributed by atoms with van der Waals surface area (Å²) in [7, 11) is 1.65. The molecule has 3 nitrogen and oxygen atoms in total. The zero-order chi connectivity index (χ0) is 5.70. The van der Waals surface area contributed by atoms with E-state index < -0.39 is 0 Å². The molecule has 0 aliphatic rings. The van der Waals surface area contributed by atoms with E-state index in [1.54, 1.807) is 7.05 Å². The maximum absolute atomic E-state index is 8.04. The molecule has 0 aromatic rings. The second-order valence-electron chi connectivity index (χ2n) is 1.09. The van der Waals surface area contributed by atoms with Crippen LogP contribution in [0.15, 0.2) is 12.5 Å². The minimum Gasteiger partial charge on any atom is -0.514 e. The molecule has 0 aromatic carbocycles. The van der Waals surface area contributed by atoms with Crippen molar-refractivity contribution in [3.8, 4) is 0 Å². The van der Waals surface area contributed by atoms with Crippen LogP contribution in [0.3, 0.4) is 0 Å². The predicted molar refractivity (Wildman–Crippen MR) is 28.3 cm³/mol. The van der Waals surface area contributed by atoms with E-state index in [1.165, 1.54) is 11.1 Å². The first-order valence-electron chi connectivity index (χ1n) is 1.84. The van der Waals surface area contributed by atoms with Gasteiger partial charge in [0.1, 0.15) is 0 Å². The highest BCUT2D eigenvalue weighted by Gasteiger charge is 1.74. The van der Waals surface area contributed by atoms with Crippen molar-refractivity contribution in [2.45, 2.75) is 0 Å². The lowest BCUT2D eigenvalue weighted by Crippen LogP contribution is -2.04. The van der Waals surface area contributed by atoms with Gasteiger partial charge in [-0.05, 0) is 0 Å². The Morgan fingerprint density at radius 1 is 1.71 bits per heavy atom. The van der Waals surface area contributed by atoms with E-state index in [9.17, 15) is 0 Å². The Bertz CT molecular complexity index is 79.8. The van der Waals surface area contributed by atoms with E-state index in [2.05, 4.69) is 0 Å². The maximum Gasteiger partial charge on any atom is 0.0954 e. The first-order valence-corrected chi connectivity index (χ1v) is 1.84. The van der Waals surface area contributed by atoms with Crippen LogP contribution >= 0.6 is 0 Å². The number of hydrogen-bond acceptors (Lipinski definition) is 2. The second-order valence-corrected chi connectivity index (χ2v) is 1.09. The summed E-state index contributed by atoms with van der Waals surface area (Å²) in [5.41, 5.74) is 0. The van der Waals surface area contributed by atoms with Gasteiger partial charge in [-0.2, -0.15) is 0 Å². The van der Waals surface area contributed by atoms with Crippen molar-refractivity contribution in [3.05, 3.63) is 12.5 Å². The molecule has 0 heterocycles. The molecule has 0 aromatic heterocycles. The minimum absolute atomic E-state index is 0.880. The lowest BCUT2D eigenvalue weighted by molar-refractivity contribution is 0.460. The first-order chi connectivity index (χ1) is 3.31. The number of hydrogen-bond donors (Lipinski definition) is 2. The molecule has 0 rings (SSSR count). The maximum atomic E-state index is 8.04. The monoisotopic (exact) mass is 100 g/mol. The van der Waals surface area contributed by atoms with Gasteiger partial charge in [0.25, 0.3) is 0 Å². The summed E-state index contributed by atoms with van der Waals surface area (Å²) in [6, 6.07) is 0. The summed E-state index contributed by atoms with van der Waals surface area (Å²) in [5, 5.41) is 14.6. The molecule has 0 amide bonds. The lowest BCUT2D eigenvalue weighted by Gasteiger charge is -1.99. The summed E-state index contributed by atoms with van der Waals surface area (Å²) in [6.07, 6.45) is 3.34. The molecule has 0 fully saturated rings. The molecular formula is C4H8N2O. The van der Waals surface area contributed by atoms with Crippen LogP contribution in [0.4, 0.5) is 0 Å². The Balaban J connectivity index is 3.35. The summed E-state index contributed by atoms with van der Waals surface area (Å²) in [5.74, 6) is 0. The van der Waals surface area contributed by atoms with Gasteiger partial charge in [-0.25, -0.2) is 0 Å². The second kappa shape index (κ2) is 3.21. The Morgan fingerprint density at radius 2 is 2.29 bits per heavy atom. The van der Waals surface area contributed by atoms with E-state index >= 15 is 0 Å². The fraction of sp³-hybridized carbons (Fsp3) is 0.250. The number of nitrogens with zero attached hydrogens (tertiary/aromatic N) is 1. The number of aliphatic hydroxyl groups is 1. The number of rotatable bonds is 2. The first kappa shape index (κ1) is 6.01. The third-order valence-electron chi connectivity index (χ3n) is 0.505. The van der Waals surface area contributed by atoms with Crippen LogP contribution < -0.4 is 0 Å². The highest BCUT2D eigenvalue weighted by atomic mass is 16.2. The Hall–Kier alpha value is -0.990. The Kier molecular flexibility index (Phi) is 2.76. The van der Waals surface area contributed by atoms with Crippen LogP contribution in [0, 0.1) is 5.41 Å². The molecule has 40 valence electrons. The van der Waals surface area contributed by atoms with Crippen LogP contribution in [-0.2, 0) is 0 Å². The highest BCUT2D eigenvalue weighted by molar-refractivity contribution is 5.51. The third-order valence-corrected chi connectivity index (χ3v) is 0.505. The molecule has 0 spiro atoms. The van der Waals surface area contributed by atoms with Crippen molar-refractivity contribution >= 4 is 6.34 Å². The molecule has 0 unspecified atom stereocenters. The van der Waals surface area contributed by atoms with Crippen LogP contribution in [0.2, 0.25) is 0 Å². The topological polar surface area (TPSA) is 47.3 Å². The van der Waals surface area contributed by atoms with Crippen LogP contribution in [0.25, 0.3) is 0 Å². The van der Waals surface area contributed by atoms with E-state index in [1.807, 2.05) is 0 Å². The van der Waals surface area contributed by atoms with Gasteiger partial charge < -0.3 is 10.0 Å². The molecule has 0 aliphatic heterocycles. The normalized spacial score (nSPS) is 9.29. The Morgan fingerprint density at radius 3 is 2.43 bits per heavy atom. The molecule has 0 radical (unpaired) electrons. The van der Waals surface area contributed by atoms with Crippen molar-refractivity contribution in [2.24, 2.45) is 0 Å². The van der Waals surface area contributed by atoms with Crippen LogP contribution in [0.1, 0.15) is 0 Å². The van der Waals surface area contributed by atoms with Crippen molar-refractivity contribution < 1.29 is 5.11 Å². The van der Waals surface area contributed by atoms with E-state index in [0.29, 0.717) is 0 Å². The van der Waals surface area contributed by atoms with Gasteiger partial charge in [0.2, 0.25) is 0 Å². The zero-order valence-electron chi connectivity index (χ0n) is 4.13. The van der Waals surface area contributed by atoms with Gasteiger partial charge in [-0.3, -0.25) is 5.41 Å². The lowest BCUT2D eigenvalue weighted by atomic mass is 10.8. The van der Waals surface area contributed by atoms with Gasteiger partial charge in [0, 0.05) is 13.2 Å². The highest BCUT2D eigenvalue weighted by Crippen LogP contribution is 1.72. The molecule has 2 N–H and O–H groups in total. The molecule has 0 bridgehead atoms. The number of nitrogens with one attached hydrogen (secondary N) is 1.